The van der Waals surface area contributed by atoms with E-state index in [0.717, 1.165) is 56.6 Å². The van der Waals surface area contributed by atoms with Gasteiger partial charge in [-0.15, -0.1) is 0 Å². The number of aliphatic carboxylic acids is 1. The van der Waals surface area contributed by atoms with Crippen LogP contribution in [0, 0.1) is 5.41 Å². The number of fused-ring (bicyclic) bond motifs is 1. The molecule has 6 rings (SSSR count). The third kappa shape index (κ3) is 8.15. The summed E-state index contributed by atoms with van der Waals surface area (Å²) in [6.07, 6.45) is 1.19. The van der Waals surface area contributed by atoms with Gasteiger partial charge in [0.1, 0.15) is 22.7 Å². The number of methoxy groups -OCH3 is 1. The largest absolute Gasteiger partial charge is 0.481 e. The van der Waals surface area contributed by atoms with Crippen LogP contribution in [0.3, 0.4) is 0 Å². The first-order valence-electron chi connectivity index (χ1n) is 16.9. The molecule has 1 aliphatic carbocycles. The van der Waals surface area contributed by atoms with Gasteiger partial charge in [0.15, 0.2) is 11.5 Å². The van der Waals surface area contributed by atoms with E-state index in [1.165, 1.54) is 0 Å². The Morgan fingerprint density at radius 2 is 1.86 bits per heavy atom. The first kappa shape index (κ1) is 35.5. The molecule has 0 aromatic carbocycles. The topological polar surface area (TPSA) is 136 Å². The van der Waals surface area contributed by atoms with Crippen molar-refractivity contribution in [1.82, 2.24) is 34.8 Å². The van der Waals surface area contributed by atoms with Crippen molar-refractivity contribution in [2.45, 2.75) is 64.6 Å². The third-order valence-electron chi connectivity index (χ3n) is 9.23. The van der Waals surface area contributed by atoms with Crippen molar-refractivity contribution in [2.75, 3.05) is 63.3 Å². The maximum atomic E-state index is 14.0. The van der Waals surface area contributed by atoms with Crippen LogP contribution in [0.5, 0.6) is 0 Å². The predicted molar refractivity (Wildman–Crippen MR) is 184 cm³/mol. The minimum Gasteiger partial charge on any atom is -0.481 e. The number of pyridine rings is 2. The highest BCUT2D eigenvalue weighted by atomic mass is 19.4. The van der Waals surface area contributed by atoms with Gasteiger partial charge in [-0.3, -0.25) is 9.69 Å². The van der Waals surface area contributed by atoms with Gasteiger partial charge < -0.3 is 24.6 Å². The Hall–Kier alpha value is -4.37. The molecular weight excluding hydrogens is 651 g/mol. The highest BCUT2D eigenvalue weighted by molar-refractivity contribution is 5.91. The first-order chi connectivity index (χ1) is 23.7. The average molecular weight is 696 g/mol. The summed E-state index contributed by atoms with van der Waals surface area (Å²) in [7, 11) is 3.59. The van der Waals surface area contributed by atoms with Gasteiger partial charge >= 0.3 is 12.1 Å². The standard InChI is InChI=1S/C35H44F3N9O3/c1-21-18-46(10-6-7-30(48)49)11-12-47(21)29-17-39-26(16-40-29)32-43-31-27(45(4)19-34(2,3)20-50-5)15-25(42-33(31)44-32)23-13-24(22-8-9-22)41-28(14-23)35(36,37)38/h13-17,21-22H,6-12,18-20H2,1-5H3,(H,48,49)(H,42,43,44)/t21-/m1/s1. The minimum atomic E-state index is -4.59. The number of hydrogen-bond acceptors (Lipinski definition) is 10. The average Bonchev–Trinajstić information content (AvgIpc) is 3.82. The van der Waals surface area contributed by atoms with E-state index in [0.29, 0.717) is 59.2 Å². The van der Waals surface area contributed by atoms with E-state index >= 15 is 0 Å². The van der Waals surface area contributed by atoms with E-state index in [1.807, 2.05) is 11.9 Å². The Bertz CT molecular complexity index is 1830. The molecule has 0 unspecified atom stereocenters. The lowest BCUT2D eigenvalue weighted by atomic mass is 9.94. The van der Waals surface area contributed by atoms with Crippen molar-refractivity contribution >= 4 is 28.6 Å². The molecule has 12 nitrogen and oxygen atoms in total. The number of nitrogens with zero attached hydrogens (tertiary/aromatic N) is 8. The van der Waals surface area contributed by atoms with E-state index in [1.54, 1.807) is 31.6 Å². The predicted octanol–water partition coefficient (Wildman–Crippen LogP) is 5.86. The van der Waals surface area contributed by atoms with E-state index < -0.39 is 17.8 Å². The second-order valence-electron chi connectivity index (χ2n) is 14.3. The Morgan fingerprint density at radius 3 is 2.50 bits per heavy atom. The van der Waals surface area contributed by atoms with Gasteiger partial charge in [-0.05, 0) is 50.9 Å². The Labute approximate surface area is 289 Å². The fourth-order valence-corrected chi connectivity index (χ4v) is 6.76. The third-order valence-corrected chi connectivity index (χ3v) is 9.23. The van der Waals surface area contributed by atoms with Crippen LogP contribution in [-0.4, -0.2) is 105 Å². The number of rotatable bonds is 13. The number of imidazole rings is 1. The molecule has 50 heavy (non-hydrogen) atoms. The number of halogens is 3. The second-order valence-corrected chi connectivity index (χ2v) is 14.3. The molecule has 1 aliphatic heterocycles. The molecule has 0 radical (unpaired) electrons. The van der Waals surface area contributed by atoms with Crippen molar-refractivity contribution < 1.29 is 27.8 Å². The molecule has 2 aliphatic rings. The Morgan fingerprint density at radius 1 is 1.08 bits per heavy atom. The van der Waals surface area contributed by atoms with Gasteiger partial charge in [-0.2, -0.15) is 13.2 Å². The number of alkyl halides is 3. The van der Waals surface area contributed by atoms with Crippen molar-refractivity contribution in [3.63, 3.8) is 0 Å². The molecule has 15 heteroatoms. The van der Waals surface area contributed by atoms with Crippen molar-refractivity contribution in [1.29, 1.82) is 0 Å². The second kappa shape index (κ2) is 14.1. The summed E-state index contributed by atoms with van der Waals surface area (Å²) in [5, 5.41) is 8.95. The summed E-state index contributed by atoms with van der Waals surface area (Å²) in [4.78, 5) is 43.7. The highest BCUT2D eigenvalue weighted by Crippen LogP contribution is 2.42. The van der Waals surface area contributed by atoms with E-state index in [4.69, 9.17) is 24.8 Å². The number of aromatic nitrogens is 6. The van der Waals surface area contributed by atoms with Crippen molar-refractivity contribution in [3.8, 4) is 22.8 Å². The minimum absolute atomic E-state index is 0.0194. The number of anilines is 2. The Kier molecular flexibility index (Phi) is 10.00. The lowest BCUT2D eigenvalue weighted by Crippen LogP contribution is -2.52. The van der Waals surface area contributed by atoms with Crippen LogP contribution >= 0.6 is 0 Å². The normalized spacial score (nSPS) is 17.4. The molecule has 5 heterocycles. The summed E-state index contributed by atoms with van der Waals surface area (Å²) >= 11 is 0. The maximum Gasteiger partial charge on any atom is 0.433 e. The zero-order valence-electron chi connectivity index (χ0n) is 29.1. The maximum absolute atomic E-state index is 14.0. The fraction of sp³-hybridized carbons (Fsp3) is 0.543. The van der Waals surface area contributed by atoms with Gasteiger partial charge in [0.25, 0.3) is 0 Å². The van der Waals surface area contributed by atoms with Crippen LogP contribution in [0.2, 0.25) is 0 Å². The van der Waals surface area contributed by atoms with Crippen LogP contribution in [0.4, 0.5) is 24.7 Å². The van der Waals surface area contributed by atoms with Gasteiger partial charge in [0, 0.05) is 75.4 Å². The molecule has 268 valence electrons. The number of nitrogens with one attached hydrogen (secondary N) is 1. The zero-order valence-corrected chi connectivity index (χ0v) is 29.1. The number of H-pyrrole nitrogens is 1. The number of aromatic amines is 1. The molecule has 2 fully saturated rings. The van der Waals surface area contributed by atoms with E-state index in [2.05, 4.69) is 45.5 Å². The SMILES string of the molecule is COCC(C)(C)CN(C)c1cc(-c2cc(C3CC3)nc(C(F)(F)F)c2)nc2nc(-c3cnc(N4CCN(CCCC(=O)O)C[C@H]4C)cn3)[nH]c12. The van der Waals surface area contributed by atoms with Crippen molar-refractivity contribution in [2.24, 2.45) is 5.41 Å². The smallest absolute Gasteiger partial charge is 0.433 e. The molecule has 2 N–H and O–H groups in total. The molecule has 4 aromatic heterocycles. The van der Waals surface area contributed by atoms with E-state index in [-0.39, 0.29) is 23.8 Å². The van der Waals surface area contributed by atoms with Gasteiger partial charge in [-0.1, -0.05) is 13.8 Å². The van der Waals surface area contributed by atoms with Gasteiger partial charge in [0.2, 0.25) is 0 Å². The molecule has 1 atom stereocenters. The zero-order chi connectivity index (χ0) is 35.8. The number of carboxylic acid groups (broad SMARTS) is 1. The van der Waals surface area contributed by atoms with Crippen LogP contribution in [0.15, 0.2) is 30.6 Å². The summed E-state index contributed by atoms with van der Waals surface area (Å²) < 4.78 is 47.3. The Balaban J connectivity index is 1.32. The summed E-state index contributed by atoms with van der Waals surface area (Å²) in [5.74, 6) is 0.409. The van der Waals surface area contributed by atoms with Crippen LogP contribution in [0.1, 0.15) is 63.8 Å². The molecular formula is C35H44F3N9O3. The van der Waals surface area contributed by atoms with Gasteiger partial charge in [0.05, 0.1) is 30.4 Å². The molecule has 4 aromatic rings. The number of carbonyl (C=O) groups is 1. The number of hydrogen-bond donors (Lipinski definition) is 2. The van der Waals surface area contributed by atoms with Crippen LogP contribution in [0.25, 0.3) is 33.9 Å². The lowest BCUT2D eigenvalue weighted by molar-refractivity contribution is -0.141. The van der Waals surface area contributed by atoms with Crippen LogP contribution in [-0.2, 0) is 15.7 Å². The summed E-state index contributed by atoms with van der Waals surface area (Å²) in [6, 6.07) is 4.74. The molecule has 0 bridgehead atoms. The molecule has 1 saturated heterocycles. The summed E-state index contributed by atoms with van der Waals surface area (Å²) in [5.41, 5.74) is 2.19. The number of piperazine rings is 1. The lowest BCUT2D eigenvalue weighted by Gasteiger charge is -2.40. The van der Waals surface area contributed by atoms with Crippen LogP contribution < -0.4 is 9.80 Å². The fourth-order valence-electron chi connectivity index (χ4n) is 6.76. The highest BCUT2D eigenvalue weighted by Gasteiger charge is 2.36. The van der Waals surface area contributed by atoms with Crippen molar-refractivity contribution in [3.05, 3.63) is 42.0 Å². The van der Waals surface area contributed by atoms with E-state index in [9.17, 15) is 18.0 Å². The first-order valence-corrected chi connectivity index (χ1v) is 16.9. The molecule has 0 spiro atoms. The number of ether oxygens (including phenoxy) is 1. The summed E-state index contributed by atoms with van der Waals surface area (Å²) in [6.45, 7) is 10.5. The quantitative estimate of drug-likeness (QED) is 0.174. The molecule has 1 saturated carbocycles. The monoisotopic (exact) mass is 695 g/mol. The van der Waals surface area contributed by atoms with Gasteiger partial charge in [-0.25, -0.2) is 24.9 Å². The molecule has 0 amide bonds. The number of carboxylic acids is 1.